The van der Waals surface area contributed by atoms with Crippen molar-refractivity contribution >= 4 is 0 Å². The van der Waals surface area contributed by atoms with Gasteiger partial charge in [0.1, 0.15) is 5.75 Å². The van der Waals surface area contributed by atoms with E-state index in [9.17, 15) is 5.11 Å². The fourth-order valence-electron chi connectivity index (χ4n) is 1.52. The summed E-state index contributed by atoms with van der Waals surface area (Å²) in [6.07, 6.45) is -0.0512. The zero-order chi connectivity index (χ0) is 12.0. The highest BCUT2D eigenvalue weighted by molar-refractivity contribution is 5.40. The Kier molecular flexibility index (Phi) is 5.25. The normalized spacial score (nSPS) is 12.5. The lowest BCUT2D eigenvalue weighted by Crippen LogP contribution is -2.13. The lowest BCUT2D eigenvalue weighted by atomic mass is 10.0. The van der Waals surface area contributed by atoms with Gasteiger partial charge in [0.25, 0.3) is 0 Å². The van der Waals surface area contributed by atoms with Crippen molar-refractivity contribution in [2.75, 3.05) is 19.8 Å². The van der Waals surface area contributed by atoms with E-state index in [1.54, 1.807) is 0 Å². The number of benzene rings is 1. The van der Waals surface area contributed by atoms with E-state index in [4.69, 9.17) is 15.6 Å². The van der Waals surface area contributed by atoms with Crippen LogP contribution < -0.4 is 10.5 Å². The summed E-state index contributed by atoms with van der Waals surface area (Å²) >= 11 is 0. The van der Waals surface area contributed by atoms with E-state index in [2.05, 4.69) is 0 Å². The summed E-state index contributed by atoms with van der Waals surface area (Å²) in [5, 5.41) is 18.3. The number of nitrogens with two attached hydrogens (primary N) is 1. The van der Waals surface area contributed by atoms with Gasteiger partial charge in [0.15, 0.2) is 0 Å². The van der Waals surface area contributed by atoms with Gasteiger partial charge in [-0.2, -0.15) is 0 Å². The van der Waals surface area contributed by atoms with Crippen LogP contribution in [0.3, 0.4) is 0 Å². The van der Waals surface area contributed by atoms with Crippen LogP contribution in [0.4, 0.5) is 0 Å². The molecule has 0 spiro atoms. The fraction of sp³-hybridized carbons (Fsp3) is 0.500. The van der Waals surface area contributed by atoms with Crippen molar-refractivity contribution < 1.29 is 14.9 Å². The zero-order valence-corrected chi connectivity index (χ0v) is 9.52. The molecule has 4 heteroatoms. The van der Waals surface area contributed by atoms with Crippen LogP contribution in [0.5, 0.6) is 5.75 Å². The highest BCUT2D eigenvalue weighted by Gasteiger charge is 2.11. The second-order valence-electron chi connectivity index (χ2n) is 3.65. The summed E-state index contributed by atoms with van der Waals surface area (Å²) in [6, 6.07) is 5.51. The van der Waals surface area contributed by atoms with Crippen LogP contribution in [-0.2, 0) is 0 Å². The zero-order valence-electron chi connectivity index (χ0n) is 9.52. The topological polar surface area (TPSA) is 75.7 Å². The van der Waals surface area contributed by atoms with E-state index in [-0.39, 0.29) is 13.2 Å². The highest BCUT2D eigenvalue weighted by Crippen LogP contribution is 2.25. The Balaban J connectivity index is 2.78. The molecule has 4 nitrogen and oxygen atoms in total. The maximum absolute atomic E-state index is 9.69. The molecule has 0 bridgehead atoms. The molecule has 0 radical (unpaired) electrons. The van der Waals surface area contributed by atoms with Crippen LogP contribution in [-0.4, -0.2) is 30.0 Å². The minimum absolute atomic E-state index is 0.115. The van der Waals surface area contributed by atoms with Crippen molar-refractivity contribution in [2.24, 2.45) is 5.73 Å². The molecule has 0 saturated heterocycles. The van der Waals surface area contributed by atoms with Crippen LogP contribution in [0, 0.1) is 6.92 Å². The van der Waals surface area contributed by atoms with Crippen LogP contribution in [0.1, 0.15) is 23.7 Å². The molecule has 90 valence electrons. The van der Waals surface area contributed by atoms with E-state index in [1.165, 1.54) is 0 Å². The molecule has 0 amide bonds. The highest BCUT2D eigenvalue weighted by atomic mass is 16.5. The number of aliphatic hydroxyl groups excluding tert-OH is 2. The first-order chi connectivity index (χ1) is 7.70. The molecule has 4 N–H and O–H groups in total. The minimum atomic E-state index is -0.651. The third kappa shape index (κ3) is 3.20. The first-order valence-electron chi connectivity index (χ1n) is 5.42. The number of aliphatic hydroxyl groups is 2. The minimum Gasteiger partial charge on any atom is -0.493 e. The molecule has 0 aliphatic heterocycles. The molecule has 0 heterocycles. The third-order valence-corrected chi connectivity index (χ3v) is 2.47. The Labute approximate surface area is 95.7 Å². The van der Waals surface area contributed by atoms with Gasteiger partial charge < -0.3 is 20.7 Å². The molecule has 1 unspecified atom stereocenters. The summed E-state index contributed by atoms with van der Waals surface area (Å²) in [6.45, 7) is 2.67. The van der Waals surface area contributed by atoms with E-state index in [0.717, 1.165) is 16.9 Å². The molecule has 1 aromatic carbocycles. The average molecular weight is 225 g/mol. The van der Waals surface area contributed by atoms with Crippen molar-refractivity contribution in [3.8, 4) is 5.75 Å². The van der Waals surface area contributed by atoms with E-state index >= 15 is 0 Å². The lowest BCUT2D eigenvalue weighted by molar-refractivity contribution is 0.184. The number of hydrogen-bond acceptors (Lipinski definition) is 4. The summed E-state index contributed by atoms with van der Waals surface area (Å²) in [7, 11) is 0. The predicted molar refractivity (Wildman–Crippen MR) is 62.4 cm³/mol. The molecule has 0 aromatic heterocycles. The van der Waals surface area contributed by atoms with Gasteiger partial charge in [-0.05, 0) is 24.1 Å². The predicted octanol–water partition coefficient (Wildman–Crippen LogP) is 0.748. The molecule has 1 rings (SSSR count). The van der Waals surface area contributed by atoms with Crippen LogP contribution in [0.25, 0.3) is 0 Å². The van der Waals surface area contributed by atoms with Crippen molar-refractivity contribution in [1.29, 1.82) is 0 Å². The fourth-order valence-corrected chi connectivity index (χ4v) is 1.52. The van der Waals surface area contributed by atoms with E-state index in [0.29, 0.717) is 13.0 Å². The Morgan fingerprint density at radius 1 is 1.44 bits per heavy atom. The molecule has 1 aromatic rings. The van der Waals surface area contributed by atoms with Crippen molar-refractivity contribution in [2.45, 2.75) is 19.4 Å². The molecule has 0 saturated carbocycles. The summed E-state index contributed by atoms with van der Waals surface area (Å²) in [5.41, 5.74) is 7.12. The van der Waals surface area contributed by atoms with Crippen LogP contribution in [0.15, 0.2) is 18.2 Å². The SMILES string of the molecule is Cc1c(OCCCO)cccc1C(O)CN. The van der Waals surface area contributed by atoms with Gasteiger partial charge in [0.05, 0.1) is 12.7 Å². The molecular formula is C12H19NO3. The van der Waals surface area contributed by atoms with Crippen LogP contribution >= 0.6 is 0 Å². The first kappa shape index (κ1) is 13.0. The Bertz CT molecular complexity index is 328. The van der Waals surface area contributed by atoms with Gasteiger partial charge in [-0.3, -0.25) is 0 Å². The smallest absolute Gasteiger partial charge is 0.122 e. The Hall–Kier alpha value is -1.10. The molecule has 1 atom stereocenters. The maximum Gasteiger partial charge on any atom is 0.122 e. The molecular weight excluding hydrogens is 206 g/mol. The average Bonchev–Trinajstić information content (AvgIpc) is 2.30. The molecule has 0 aliphatic carbocycles. The molecule has 0 fully saturated rings. The number of hydrogen-bond donors (Lipinski definition) is 3. The number of ether oxygens (including phenoxy) is 1. The largest absolute Gasteiger partial charge is 0.493 e. The van der Waals surface area contributed by atoms with Gasteiger partial charge in [-0.25, -0.2) is 0 Å². The van der Waals surface area contributed by atoms with Crippen LogP contribution in [0.2, 0.25) is 0 Å². The Morgan fingerprint density at radius 3 is 2.81 bits per heavy atom. The summed E-state index contributed by atoms with van der Waals surface area (Å²) < 4.78 is 5.50. The molecule has 0 aliphatic rings. The maximum atomic E-state index is 9.69. The monoisotopic (exact) mass is 225 g/mol. The van der Waals surface area contributed by atoms with Gasteiger partial charge >= 0.3 is 0 Å². The van der Waals surface area contributed by atoms with Gasteiger partial charge in [-0.15, -0.1) is 0 Å². The first-order valence-corrected chi connectivity index (χ1v) is 5.42. The van der Waals surface area contributed by atoms with E-state index in [1.807, 2.05) is 25.1 Å². The van der Waals surface area contributed by atoms with Gasteiger partial charge in [-0.1, -0.05) is 12.1 Å². The van der Waals surface area contributed by atoms with Crippen molar-refractivity contribution in [1.82, 2.24) is 0 Å². The van der Waals surface area contributed by atoms with E-state index < -0.39 is 6.10 Å². The number of rotatable bonds is 6. The summed E-state index contributed by atoms with van der Waals surface area (Å²) in [5.74, 6) is 0.735. The second-order valence-corrected chi connectivity index (χ2v) is 3.65. The van der Waals surface area contributed by atoms with Gasteiger partial charge in [0, 0.05) is 19.6 Å². The van der Waals surface area contributed by atoms with Crippen molar-refractivity contribution in [3.05, 3.63) is 29.3 Å². The quantitative estimate of drug-likeness (QED) is 0.624. The summed E-state index contributed by atoms with van der Waals surface area (Å²) in [4.78, 5) is 0. The third-order valence-electron chi connectivity index (χ3n) is 2.47. The Morgan fingerprint density at radius 2 is 2.19 bits per heavy atom. The lowest BCUT2D eigenvalue weighted by Gasteiger charge is -2.15. The second kappa shape index (κ2) is 6.48. The van der Waals surface area contributed by atoms with Gasteiger partial charge in [0.2, 0.25) is 0 Å². The molecule has 16 heavy (non-hydrogen) atoms. The standard InChI is InChI=1S/C12H19NO3/c1-9-10(11(15)8-13)4-2-5-12(9)16-7-3-6-14/h2,4-5,11,14-15H,3,6-8,13H2,1H3. The van der Waals surface area contributed by atoms with Crippen molar-refractivity contribution in [3.63, 3.8) is 0 Å².